The summed E-state index contributed by atoms with van der Waals surface area (Å²) in [6.45, 7) is 6.32. The zero-order chi connectivity index (χ0) is 12.8. The molecule has 0 amide bonds. The van der Waals surface area contributed by atoms with E-state index in [-0.39, 0.29) is 5.41 Å². The zero-order valence-corrected chi connectivity index (χ0v) is 12.0. The third kappa shape index (κ3) is 2.03. The molecule has 1 aromatic carbocycles. The molecule has 0 radical (unpaired) electrons. The van der Waals surface area contributed by atoms with Crippen LogP contribution in [-0.4, -0.2) is 21.0 Å². The number of benzene rings is 1. The SMILES string of the molecule is CC(C)(C)c1cccc2c1c(I)nn2C(=O)O. The van der Waals surface area contributed by atoms with Crippen molar-refractivity contribution in [2.75, 3.05) is 0 Å². The van der Waals surface area contributed by atoms with E-state index in [4.69, 9.17) is 5.11 Å². The van der Waals surface area contributed by atoms with Crippen LogP contribution in [0.15, 0.2) is 18.2 Å². The lowest BCUT2D eigenvalue weighted by Gasteiger charge is -2.20. The summed E-state index contributed by atoms with van der Waals surface area (Å²) in [6, 6.07) is 5.69. The molecule has 0 bridgehead atoms. The smallest absolute Gasteiger partial charge is 0.432 e. The fourth-order valence-electron chi connectivity index (χ4n) is 1.90. The van der Waals surface area contributed by atoms with Crippen molar-refractivity contribution in [1.82, 2.24) is 9.78 Å². The molecule has 1 heterocycles. The molecule has 17 heavy (non-hydrogen) atoms. The van der Waals surface area contributed by atoms with Gasteiger partial charge in [-0.3, -0.25) is 0 Å². The maximum atomic E-state index is 11.1. The largest absolute Gasteiger partial charge is 0.463 e. The van der Waals surface area contributed by atoms with Gasteiger partial charge in [-0.15, -0.1) is 0 Å². The van der Waals surface area contributed by atoms with E-state index in [2.05, 4.69) is 48.5 Å². The Morgan fingerprint density at radius 2 is 2.06 bits per heavy atom. The molecular weight excluding hydrogens is 331 g/mol. The molecule has 4 nitrogen and oxygen atoms in total. The number of nitrogens with zero attached hydrogens (tertiary/aromatic N) is 2. The van der Waals surface area contributed by atoms with Crippen LogP contribution in [0.2, 0.25) is 0 Å². The Bertz CT molecular complexity index is 596. The molecule has 0 unspecified atom stereocenters. The van der Waals surface area contributed by atoms with Crippen LogP contribution in [0.3, 0.4) is 0 Å². The number of hydrogen-bond acceptors (Lipinski definition) is 2. The average Bonchev–Trinajstić information content (AvgIpc) is 2.55. The number of halogens is 1. The first-order valence-electron chi connectivity index (χ1n) is 5.23. The summed E-state index contributed by atoms with van der Waals surface area (Å²) in [7, 11) is 0. The molecule has 2 aromatic rings. The van der Waals surface area contributed by atoms with Gasteiger partial charge in [0.1, 0.15) is 3.70 Å². The normalized spacial score (nSPS) is 12.0. The van der Waals surface area contributed by atoms with E-state index in [1.807, 2.05) is 12.1 Å². The molecule has 0 aliphatic rings. The van der Waals surface area contributed by atoms with E-state index in [0.29, 0.717) is 5.52 Å². The molecule has 0 aliphatic carbocycles. The Morgan fingerprint density at radius 1 is 1.41 bits per heavy atom. The minimum Gasteiger partial charge on any atom is -0.463 e. The highest BCUT2D eigenvalue weighted by Crippen LogP contribution is 2.32. The van der Waals surface area contributed by atoms with E-state index in [9.17, 15) is 4.79 Å². The molecule has 0 saturated heterocycles. The van der Waals surface area contributed by atoms with Gasteiger partial charge in [0.15, 0.2) is 0 Å². The van der Waals surface area contributed by atoms with Gasteiger partial charge in [0.25, 0.3) is 0 Å². The third-order valence-electron chi connectivity index (χ3n) is 2.65. The Hall–Kier alpha value is -1.11. The van der Waals surface area contributed by atoms with Crippen LogP contribution < -0.4 is 0 Å². The molecular formula is C12H13IN2O2. The van der Waals surface area contributed by atoms with Crippen molar-refractivity contribution >= 4 is 39.6 Å². The highest BCUT2D eigenvalue weighted by atomic mass is 127. The van der Waals surface area contributed by atoms with Crippen molar-refractivity contribution in [2.45, 2.75) is 26.2 Å². The van der Waals surface area contributed by atoms with Crippen molar-refractivity contribution in [1.29, 1.82) is 0 Å². The zero-order valence-electron chi connectivity index (χ0n) is 9.86. The first-order valence-corrected chi connectivity index (χ1v) is 6.31. The van der Waals surface area contributed by atoms with Crippen LogP contribution in [0.25, 0.3) is 10.9 Å². The van der Waals surface area contributed by atoms with Crippen molar-refractivity contribution in [3.8, 4) is 0 Å². The Kier molecular flexibility index (Phi) is 2.89. The second-order valence-electron chi connectivity index (χ2n) is 4.93. The standard InChI is InChI=1S/C12H13IN2O2/c1-12(2,3)7-5-4-6-8-9(7)10(13)14-15(8)11(16)17/h4-6H,1-3H3,(H,16,17). The van der Waals surface area contributed by atoms with E-state index in [0.717, 1.165) is 19.3 Å². The number of hydrogen-bond donors (Lipinski definition) is 1. The van der Waals surface area contributed by atoms with E-state index in [1.54, 1.807) is 6.07 Å². The Labute approximate surface area is 113 Å². The molecule has 0 atom stereocenters. The second kappa shape index (κ2) is 3.97. The molecule has 2 rings (SSSR count). The predicted octanol–water partition coefficient (Wildman–Crippen LogP) is 3.46. The summed E-state index contributed by atoms with van der Waals surface area (Å²) in [5, 5.41) is 14.1. The summed E-state index contributed by atoms with van der Waals surface area (Å²) in [6.07, 6.45) is -1.05. The minimum absolute atomic E-state index is 0.0359. The van der Waals surface area contributed by atoms with E-state index < -0.39 is 6.09 Å². The van der Waals surface area contributed by atoms with E-state index in [1.165, 1.54) is 0 Å². The van der Waals surface area contributed by atoms with Crippen molar-refractivity contribution in [2.24, 2.45) is 0 Å². The lowest BCUT2D eigenvalue weighted by atomic mass is 9.85. The van der Waals surface area contributed by atoms with E-state index >= 15 is 0 Å². The van der Waals surface area contributed by atoms with Gasteiger partial charge < -0.3 is 5.11 Å². The quantitative estimate of drug-likeness (QED) is 0.745. The fraction of sp³-hybridized carbons (Fsp3) is 0.333. The maximum absolute atomic E-state index is 11.1. The molecule has 5 heteroatoms. The third-order valence-corrected chi connectivity index (χ3v) is 3.41. The Balaban J connectivity index is 2.87. The molecule has 0 spiro atoms. The fourth-order valence-corrected chi connectivity index (χ4v) is 2.68. The monoisotopic (exact) mass is 344 g/mol. The topological polar surface area (TPSA) is 55.1 Å². The van der Waals surface area contributed by atoms with Gasteiger partial charge in [-0.05, 0) is 39.6 Å². The van der Waals surface area contributed by atoms with Crippen molar-refractivity contribution < 1.29 is 9.90 Å². The number of rotatable bonds is 0. The van der Waals surface area contributed by atoms with Crippen LogP contribution in [0.4, 0.5) is 4.79 Å². The second-order valence-corrected chi connectivity index (χ2v) is 5.96. The summed E-state index contributed by atoms with van der Waals surface area (Å²) in [5.74, 6) is 0. The predicted molar refractivity (Wildman–Crippen MR) is 74.6 cm³/mol. The van der Waals surface area contributed by atoms with Gasteiger partial charge in [0.05, 0.1) is 5.52 Å². The average molecular weight is 344 g/mol. The van der Waals surface area contributed by atoms with Gasteiger partial charge in [0, 0.05) is 5.39 Å². The number of carboxylic acid groups (broad SMARTS) is 1. The first kappa shape index (κ1) is 12.3. The Morgan fingerprint density at radius 3 is 2.59 bits per heavy atom. The van der Waals surface area contributed by atoms with Crippen molar-refractivity contribution in [3.05, 3.63) is 27.5 Å². The molecule has 0 fully saturated rings. The van der Waals surface area contributed by atoms with Crippen LogP contribution in [-0.2, 0) is 5.41 Å². The lowest BCUT2D eigenvalue weighted by molar-refractivity contribution is 0.194. The van der Waals surface area contributed by atoms with Gasteiger partial charge in [-0.25, -0.2) is 4.79 Å². The van der Waals surface area contributed by atoms with Crippen LogP contribution in [0.1, 0.15) is 26.3 Å². The summed E-state index contributed by atoms with van der Waals surface area (Å²) < 4.78 is 1.76. The van der Waals surface area contributed by atoms with Crippen LogP contribution >= 0.6 is 22.6 Å². The van der Waals surface area contributed by atoms with Crippen LogP contribution in [0, 0.1) is 3.70 Å². The van der Waals surface area contributed by atoms with Gasteiger partial charge >= 0.3 is 6.09 Å². The molecule has 1 N–H and O–H groups in total. The van der Waals surface area contributed by atoms with Crippen molar-refractivity contribution in [3.63, 3.8) is 0 Å². The summed E-state index contributed by atoms with van der Waals surface area (Å²) in [5.41, 5.74) is 1.73. The summed E-state index contributed by atoms with van der Waals surface area (Å²) >= 11 is 2.08. The number of carbonyl (C=O) groups is 1. The minimum atomic E-state index is -1.05. The molecule has 1 aromatic heterocycles. The highest BCUT2D eigenvalue weighted by molar-refractivity contribution is 14.1. The maximum Gasteiger partial charge on any atom is 0.432 e. The van der Waals surface area contributed by atoms with Gasteiger partial charge in [-0.2, -0.15) is 9.78 Å². The first-order chi connectivity index (χ1) is 7.82. The van der Waals surface area contributed by atoms with Gasteiger partial charge in [-0.1, -0.05) is 32.9 Å². The molecule has 0 aliphatic heterocycles. The number of fused-ring (bicyclic) bond motifs is 1. The summed E-state index contributed by atoms with van der Waals surface area (Å²) in [4.78, 5) is 11.1. The van der Waals surface area contributed by atoms with Gasteiger partial charge in [0.2, 0.25) is 0 Å². The molecule has 0 saturated carbocycles. The lowest BCUT2D eigenvalue weighted by Crippen LogP contribution is -2.12. The highest BCUT2D eigenvalue weighted by Gasteiger charge is 2.22. The molecule has 90 valence electrons. The van der Waals surface area contributed by atoms with Crippen LogP contribution in [0.5, 0.6) is 0 Å². The number of aromatic nitrogens is 2.